The number of likely N-dealkylation sites (tertiary alicyclic amines) is 1. The number of rotatable bonds is 8. The number of methoxy groups -OCH3 is 1. The average Bonchev–Trinajstić information content (AvgIpc) is 3.30. The second kappa shape index (κ2) is 11.9. The van der Waals surface area contributed by atoms with E-state index in [-0.39, 0.29) is 18.2 Å². The number of fused-ring (bicyclic) bond motifs is 1. The van der Waals surface area contributed by atoms with Crippen molar-refractivity contribution in [3.05, 3.63) is 29.1 Å². The summed E-state index contributed by atoms with van der Waals surface area (Å²) in [6, 6.07) is 6.76. The van der Waals surface area contributed by atoms with E-state index < -0.39 is 11.1 Å². The molecule has 11 heteroatoms. The molecular formula is C33H48N6O4S. The SMILES string of the molecule is COc1cc(Nc2nc(OC[C@]3(C)CC(C)(C)N3C(=O)OC(C)(C)C)c3c(C)csc3n2)ccc1N1CCC(N(C)C)CC1. The number of nitrogens with zero attached hydrogens (tertiary/aromatic N) is 5. The molecule has 0 bridgehead atoms. The number of aromatic nitrogens is 2. The first kappa shape index (κ1) is 32.1. The topological polar surface area (TPSA) is 92.3 Å². The first-order valence-corrected chi connectivity index (χ1v) is 16.3. The van der Waals surface area contributed by atoms with Crippen molar-refractivity contribution in [2.45, 2.75) is 90.4 Å². The van der Waals surface area contributed by atoms with Crippen molar-refractivity contribution in [2.24, 2.45) is 0 Å². The monoisotopic (exact) mass is 624 g/mol. The van der Waals surface area contributed by atoms with E-state index in [0.29, 0.717) is 17.9 Å². The van der Waals surface area contributed by atoms with Crippen molar-refractivity contribution in [3.63, 3.8) is 0 Å². The van der Waals surface area contributed by atoms with Gasteiger partial charge in [-0.3, -0.25) is 4.90 Å². The van der Waals surface area contributed by atoms with Crippen molar-refractivity contribution in [1.82, 2.24) is 19.8 Å². The summed E-state index contributed by atoms with van der Waals surface area (Å²) < 4.78 is 18.0. The zero-order chi connectivity index (χ0) is 32.0. The highest BCUT2D eigenvalue weighted by molar-refractivity contribution is 7.17. The maximum absolute atomic E-state index is 13.2. The van der Waals surface area contributed by atoms with Crippen LogP contribution < -0.4 is 19.7 Å². The molecule has 1 N–H and O–H groups in total. The van der Waals surface area contributed by atoms with Gasteiger partial charge >= 0.3 is 6.09 Å². The van der Waals surface area contributed by atoms with E-state index in [1.165, 1.54) is 0 Å². The molecule has 2 fully saturated rings. The fourth-order valence-corrected chi connectivity index (χ4v) is 7.73. The zero-order valence-corrected chi connectivity index (χ0v) is 28.7. The zero-order valence-electron chi connectivity index (χ0n) is 27.9. The standard InChI is InChI=1S/C33H48N6O4S/c1-21-18-44-28-26(21)27(42-20-33(7)19-32(5,6)39(33)30(40)43-31(2,3)4)35-29(36-28)34-22-11-12-24(25(17-22)41-10)38-15-13-23(14-16-38)37(8)9/h11-12,17-18,23H,13-16,19-20H2,1-10H3,(H,34,35,36)/t33-/m0/s1. The summed E-state index contributed by atoms with van der Waals surface area (Å²) in [4.78, 5) is 30.2. The van der Waals surface area contributed by atoms with Crippen LogP contribution in [0.25, 0.3) is 10.2 Å². The number of nitrogens with one attached hydrogen (secondary N) is 1. The van der Waals surface area contributed by atoms with Gasteiger partial charge in [0.25, 0.3) is 0 Å². The van der Waals surface area contributed by atoms with Gasteiger partial charge in [-0.05, 0) is 105 Å². The molecule has 1 amide bonds. The molecule has 2 saturated heterocycles. The number of hydrogen-bond donors (Lipinski definition) is 1. The van der Waals surface area contributed by atoms with Crippen LogP contribution in [0.4, 0.5) is 22.1 Å². The number of aryl methyl sites for hydroxylation is 1. The van der Waals surface area contributed by atoms with Gasteiger partial charge < -0.3 is 29.3 Å². The molecule has 0 aliphatic carbocycles. The molecule has 44 heavy (non-hydrogen) atoms. The van der Waals surface area contributed by atoms with Gasteiger partial charge in [-0.1, -0.05) is 0 Å². The molecule has 4 heterocycles. The summed E-state index contributed by atoms with van der Waals surface area (Å²) in [6.07, 6.45) is 2.69. The predicted octanol–water partition coefficient (Wildman–Crippen LogP) is 6.84. The Morgan fingerprint density at radius 3 is 2.48 bits per heavy atom. The number of carbonyl (C=O) groups excluding carboxylic acids is 1. The minimum atomic E-state index is -0.582. The van der Waals surface area contributed by atoms with E-state index in [0.717, 1.165) is 65.3 Å². The van der Waals surface area contributed by atoms with Crippen LogP contribution >= 0.6 is 11.3 Å². The van der Waals surface area contributed by atoms with Crippen LogP contribution in [0.1, 0.15) is 66.4 Å². The van der Waals surface area contributed by atoms with Gasteiger partial charge in [-0.2, -0.15) is 4.98 Å². The third-order valence-corrected chi connectivity index (χ3v) is 9.60. The molecule has 2 aliphatic rings. The minimum Gasteiger partial charge on any atom is -0.495 e. The Labute approximate surface area is 265 Å². The van der Waals surface area contributed by atoms with Crippen LogP contribution in [0.3, 0.4) is 0 Å². The molecule has 0 saturated carbocycles. The van der Waals surface area contributed by atoms with E-state index in [4.69, 9.17) is 24.2 Å². The van der Waals surface area contributed by atoms with E-state index in [1.54, 1.807) is 23.3 Å². The molecule has 10 nitrogen and oxygen atoms in total. The fraction of sp³-hybridized carbons (Fsp3) is 0.606. The maximum Gasteiger partial charge on any atom is 0.411 e. The van der Waals surface area contributed by atoms with Gasteiger partial charge in [-0.15, -0.1) is 11.3 Å². The Morgan fingerprint density at radius 2 is 1.86 bits per heavy atom. The van der Waals surface area contributed by atoms with Crippen LogP contribution in [0.15, 0.2) is 23.6 Å². The molecule has 1 aromatic carbocycles. The van der Waals surface area contributed by atoms with Crippen LogP contribution in [-0.2, 0) is 4.74 Å². The number of piperidine rings is 1. The number of benzene rings is 1. The Kier molecular flexibility index (Phi) is 8.67. The van der Waals surface area contributed by atoms with Crippen molar-refractivity contribution >= 4 is 45.0 Å². The molecule has 0 radical (unpaired) electrons. The van der Waals surface area contributed by atoms with Crippen molar-refractivity contribution < 1.29 is 19.0 Å². The average molecular weight is 625 g/mol. The number of thiophene rings is 1. The van der Waals surface area contributed by atoms with Crippen LogP contribution in [0, 0.1) is 6.92 Å². The Hall–Kier alpha value is -3.31. The quantitative estimate of drug-likeness (QED) is 0.289. The smallest absolute Gasteiger partial charge is 0.411 e. The first-order chi connectivity index (χ1) is 20.6. The number of carbonyl (C=O) groups is 1. The lowest BCUT2D eigenvalue weighted by molar-refractivity contribution is -0.127. The minimum absolute atomic E-state index is 0.281. The summed E-state index contributed by atoms with van der Waals surface area (Å²) >= 11 is 1.56. The van der Waals surface area contributed by atoms with Crippen LogP contribution in [0.2, 0.25) is 0 Å². The number of ether oxygens (including phenoxy) is 3. The highest BCUT2D eigenvalue weighted by Crippen LogP contribution is 2.46. The Bertz CT molecular complexity index is 1510. The molecule has 0 unspecified atom stereocenters. The second-order valence-electron chi connectivity index (χ2n) is 14.2. The molecular weight excluding hydrogens is 576 g/mol. The third kappa shape index (κ3) is 6.54. The molecule has 0 spiro atoms. The first-order valence-electron chi connectivity index (χ1n) is 15.4. The van der Waals surface area contributed by atoms with Crippen molar-refractivity contribution in [3.8, 4) is 11.6 Å². The lowest BCUT2D eigenvalue weighted by Crippen LogP contribution is -2.74. The van der Waals surface area contributed by atoms with Gasteiger partial charge in [0, 0.05) is 36.4 Å². The van der Waals surface area contributed by atoms with Crippen LogP contribution in [0.5, 0.6) is 11.6 Å². The summed E-state index contributed by atoms with van der Waals surface area (Å²) in [7, 11) is 6.02. The Balaban J connectivity index is 1.35. The molecule has 2 aliphatic heterocycles. The lowest BCUT2D eigenvalue weighted by atomic mass is 9.72. The molecule has 3 aromatic rings. The third-order valence-electron chi connectivity index (χ3n) is 8.61. The summed E-state index contributed by atoms with van der Waals surface area (Å²) in [5.41, 5.74) is 1.53. The fourth-order valence-electron chi connectivity index (χ4n) is 6.82. The van der Waals surface area contributed by atoms with Crippen molar-refractivity contribution in [2.75, 3.05) is 51.1 Å². The lowest BCUT2D eigenvalue weighted by Gasteiger charge is -2.61. The summed E-state index contributed by atoms with van der Waals surface area (Å²) in [6.45, 7) is 16.1. The molecule has 5 rings (SSSR count). The largest absolute Gasteiger partial charge is 0.495 e. The van der Waals surface area contributed by atoms with E-state index >= 15 is 0 Å². The van der Waals surface area contributed by atoms with E-state index in [2.05, 4.69) is 54.5 Å². The Morgan fingerprint density at radius 1 is 1.16 bits per heavy atom. The predicted molar refractivity (Wildman–Crippen MR) is 178 cm³/mol. The van der Waals surface area contributed by atoms with Gasteiger partial charge in [0.1, 0.15) is 22.8 Å². The van der Waals surface area contributed by atoms with Crippen molar-refractivity contribution in [1.29, 1.82) is 0 Å². The maximum atomic E-state index is 13.2. The number of anilines is 3. The summed E-state index contributed by atoms with van der Waals surface area (Å²) in [5, 5.41) is 6.33. The highest BCUT2D eigenvalue weighted by atomic mass is 32.1. The normalized spacial score (nSPS) is 20.5. The number of hydrogen-bond acceptors (Lipinski definition) is 10. The summed E-state index contributed by atoms with van der Waals surface area (Å²) in [5.74, 6) is 1.75. The molecule has 2 aromatic heterocycles. The second-order valence-corrected chi connectivity index (χ2v) is 15.1. The van der Waals surface area contributed by atoms with Gasteiger partial charge in [0.15, 0.2) is 0 Å². The van der Waals surface area contributed by atoms with E-state index in [1.807, 2.05) is 46.8 Å². The van der Waals surface area contributed by atoms with E-state index in [9.17, 15) is 4.79 Å². The highest BCUT2D eigenvalue weighted by Gasteiger charge is 2.58. The van der Waals surface area contributed by atoms with Gasteiger partial charge in [0.05, 0.1) is 23.7 Å². The molecule has 240 valence electrons. The molecule has 1 atom stereocenters. The van der Waals surface area contributed by atoms with Crippen LogP contribution in [-0.4, -0.2) is 89.5 Å². The number of amides is 1. The van der Waals surface area contributed by atoms with Gasteiger partial charge in [-0.25, -0.2) is 9.78 Å². The van der Waals surface area contributed by atoms with Gasteiger partial charge in [0.2, 0.25) is 11.8 Å².